The first kappa shape index (κ1) is 25.8. The van der Waals surface area contributed by atoms with E-state index in [1.165, 1.54) is 24.5 Å². The van der Waals surface area contributed by atoms with Crippen LogP contribution in [0.2, 0.25) is 5.02 Å². The van der Waals surface area contributed by atoms with Gasteiger partial charge in [0.2, 0.25) is 0 Å². The molecule has 2 amide bonds. The highest BCUT2D eigenvalue weighted by molar-refractivity contribution is 6.30. The molecule has 2 atom stereocenters. The van der Waals surface area contributed by atoms with E-state index >= 15 is 0 Å². The van der Waals surface area contributed by atoms with Crippen LogP contribution in [0.4, 0.5) is 18.0 Å². The molecule has 0 bridgehead atoms. The highest BCUT2D eigenvalue weighted by Gasteiger charge is 2.39. The van der Waals surface area contributed by atoms with Gasteiger partial charge in [-0.2, -0.15) is 18.3 Å². The normalized spacial score (nSPS) is 19.2. The van der Waals surface area contributed by atoms with E-state index in [9.17, 15) is 22.8 Å². The molecule has 2 saturated heterocycles. The number of cyclic esters (lactones) is 1. The van der Waals surface area contributed by atoms with Crippen LogP contribution in [0.3, 0.4) is 0 Å². The summed E-state index contributed by atoms with van der Waals surface area (Å²) >= 11 is 5.90. The molecular weight excluding hydrogens is 527 g/mol. The summed E-state index contributed by atoms with van der Waals surface area (Å²) in [5.74, 6) is -0.193. The summed E-state index contributed by atoms with van der Waals surface area (Å²) in [7, 11) is 0. The van der Waals surface area contributed by atoms with Crippen molar-refractivity contribution < 1.29 is 32.2 Å². The molecule has 0 unspecified atom stereocenters. The molecule has 3 aromatic rings. The number of hydrogen-bond donors (Lipinski definition) is 1. The monoisotopic (exact) mass is 549 g/mol. The number of alkyl halides is 3. The number of carbonyl (C=O) groups excluding carboxylic acids is 2. The van der Waals surface area contributed by atoms with E-state index in [-0.39, 0.29) is 48.5 Å². The van der Waals surface area contributed by atoms with Crippen molar-refractivity contribution >= 4 is 23.6 Å². The predicted octanol–water partition coefficient (Wildman–Crippen LogP) is 4.45. The standard InChI is InChI=1S/C25H23ClF3N5O4/c26-16-3-1-15(2-4-16)11-31-23(35)21-10-22(38-18-5-8-34-17(9-18)13-37-24(34)36)19(12-30-21)20-6-7-33(32-20)14-25(27,28)29/h1-4,6-7,10,12,17-18H,5,8-9,11,13-14H2,(H,31,35)/t17-,18-/m0/s1. The Morgan fingerprint density at radius 3 is 2.79 bits per heavy atom. The van der Waals surface area contributed by atoms with Crippen LogP contribution in [-0.2, 0) is 17.8 Å². The van der Waals surface area contributed by atoms with Crippen LogP contribution in [0.1, 0.15) is 28.9 Å². The summed E-state index contributed by atoms with van der Waals surface area (Å²) in [6.45, 7) is -0.285. The molecule has 0 radical (unpaired) electrons. The summed E-state index contributed by atoms with van der Waals surface area (Å²) in [6, 6.07) is 9.77. The number of fused-ring (bicyclic) bond motifs is 1. The molecular formula is C25H23ClF3N5O4. The Labute approximate surface area is 220 Å². The van der Waals surface area contributed by atoms with E-state index in [2.05, 4.69) is 15.4 Å². The number of benzene rings is 1. The highest BCUT2D eigenvalue weighted by atomic mass is 35.5. The number of amides is 2. The molecule has 9 nitrogen and oxygen atoms in total. The van der Waals surface area contributed by atoms with Gasteiger partial charge in [-0.25, -0.2) is 4.79 Å². The molecule has 0 saturated carbocycles. The molecule has 2 aromatic heterocycles. The third-order valence-electron chi connectivity index (χ3n) is 6.32. The van der Waals surface area contributed by atoms with Crippen molar-refractivity contribution in [2.24, 2.45) is 0 Å². The fraction of sp³-hybridized carbons (Fsp3) is 0.360. The summed E-state index contributed by atoms with van der Waals surface area (Å²) in [6.07, 6.45) is -1.48. The van der Waals surface area contributed by atoms with Crippen LogP contribution in [-0.4, -0.2) is 63.1 Å². The number of piperidine rings is 1. The van der Waals surface area contributed by atoms with Gasteiger partial charge in [0.15, 0.2) is 0 Å². The van der Waals surface area contributed by atoms with Crippen molar-refractivity contribution in [2.75, 3.05) is 13.2 Å². The molecule has 200 valence electrons. The van der Waals surface area contributed by atoms with Crippen molar-refractivity contribution in [3.8, 4) is 17.0 Å². The van der Waals surface area contributed by atoms with E-state index in [0.29, 0.717) is 30.0 Å². The molecule has 2 aliphatic rings. The van der Waals surface area contributed by atoms with Crippen molar-refractivity contribution in [1.29, 1.82) is 0 Å². The number of rotatable bonds is 7. The quantitative estimate of drug-likeness (QED) is 0.467. The Bertz CT molecular complexity index is 1330. The lowest BCUT2D eigenvalue weighted by molar-refractivity contribution is -0.142. The number of carbonyl (C=O) groups is 2. The molecule has 13 heteroatoms. The maximum absolute atomic E-state index is 12.9. The van der Waals surface area contributed by atoms with E-state index in [0.717, 1.165) is 10.2 Å². The number of aromatic nitrogens is 3. The molecule has 2 fully saturated rings. The number of ether oxygens (including phenoxy) is 2. The zero-order chi connectivity index (χ0) is 26.9. The average Bonchev–Trinajstić information content (AvgIpc) is 3.48. The number of halogens is 4. The predicted molar refractivity (Wildman–Crippen MR) is 130 cm³/mol. The summed E-state index contributed by atoms with van der Waals surface area (Å²) in [5.41, 5.74) is 1.48. The largest absolute Gasteiger partial charge is 0.489 e. The van der Waals surface area contributed by atoms with E-state index in [1.54, 1.807) is 29.2 Å². The zero-order valence-corrected chi connectivity index (χ0v) is 20.7. The fourth-order valence-electron chi connectivity index (χ4n) is 4.45. The Morgan fingerprint density at radius 1 is 1.24 bits per heavy atom. The molecule has 38 heavy (non-hydrogen) atoms. The third-order valence-corrected chi connectivity index (χ3v) is 6.57. The Kier molecular flexibility index (Phi) is 7.15. The van der Waals surface area contributed by atoms with Crippen molar-refractivity contribution in [3.05, 3.63) is 65.1 Å². The van der Waals surface area contributed by atoms with Gasteiger partial charge < -0.3 is 19.7 Å². The van der Waals surface area contributed by atoms with Crippen LogP contribution in [0.15, 0.2) is 48.8 Å². The SMILES string of the molecule is O=C(NCc1ccc(Cl)cc1)c1cc(O[C@H]2CCN3C(=O)OC[C@@H]3C2)c(-c2ccn(CC(F)(F)F)n2)cn1. The van der Waals surface area contributed by atoms with Crippen molar-refractivity contribution in [3.63, 3.8) is 0 Å². The zero-order valence-electron chi connectivity index (χ0n) is 19.9. The second-order valence-electron chi connectivity index (χ2n) is 9.08. The maximum Gasteiger partial charge on any atom is 0.410 e. The van der Waals surface area contributed by atoms with E-state index < -0.39 is 18.6 Å². The molecule has 1 aromatic carbocycles. The molecule has 4 heterocycles. The van der Waals surface area contributed by atoms with Crippen molar-refractivity contribution in [1.82, 2.24) is 25.0 Å². The molecule has 0 aliphatic carbocycles. The van der Waals surface area contributed by atoms with Gasteiger partial charge in [-0.1, -0.05) is 23.7 Å². The highest BCUT2D eigenvalue weighted by Crippen LogP contribution is 2.33. The van der Waals surface area contributed by atoms with Crippen LogP contribution in [0.5, 0.6) is 5.75 Å². The van der Waals surface area contributed by atoms with Crippen molar-refractivity contribution in [2.45, 2.75) is 44.3 Å². The number of hydrogen-bond acceptors (Lipinski definition) is 6. The molecule has 1 N–H and O–H groups in total. The van der Waals surface area contributed by atoms with Gasteiger partial charge in [0.1, 0.15) is 30.7 Å². The second-order valence-corrected chi connectivity index (χ2v) is 9.51. The van der Waals surface area contributed by atoms with Gasteiger partial charge in [-0.15, -0.1) is 0 Å². The van der Waals surface area contributed by atoms with Gasteiger partial charge in [0, 0.05) is 49.4 Å². The lowest BCUT2D eigenvalue weighted by Gasteiger charge is -2.32. The summed E-state index contributed by atoms with van der Waals surface area (Å²) in [5, 5.41) is 7.40. The van der Waals surface area contributed by atoms with Crippen LogP contribution in [0.25, 0.3) is 11.3 Å². The average molecular weight is 550 g/mol. The van der Waals surface area contributed by atoms with Gasteiger partial charge in [0.05, 0.1) is 17.3 Å². The number of nitrogens with zero attached hydrogens (tertiary/aromatic N) is 4. The van der Waals surface area contributed by atoms with Gasteiger partial charge in [-0.3, -0.25) is 14.5 Å². The van der Waals surface area contributed by atoms with Gasteiger partial charge >= 0.3 is 12.3 Å². The van der Waals surface area contributed by atoms with Crippen LogP contribution < -0.4 is 10.1 Å². The minimum absolute atomic E-state index is 0.0734. The Morgan fingerprint density at radius 2 is 2.03 bits per heavy atom. The summed E-state index contributed by atoms with van der Waals surface area (Å²) in [4.78, 5) is 30.6. The lowest BCUT2D eigenvalue weighted by Crippen LogP contribution is -2.44. The molecule has 5 rings (SSSR count). The lowest BCUT2D eigenvalue weighted by atomic mass is 10.0. The number of nitrogens with one attached hydrogen (secondary N) is 1. The Balaban J connectivity index is 1.37. The van der Waals surface area contributed by atoms with Crippen LogP contribution in [0, 0.1) is 0 Å². The first-order valence-corrected chi connectivity index (χ1v) is 12.3. The first-order chi connectivity index (χ1) is 18.1. The first-order valence-electron chi connectivity index (χ1n) is 11.9. The van der Waals surface area contributed by atoms with Crippen LogP contribution >= 0.6 is 11.6 Å². The van der Waals surface area contributed by atoms with Gasteiger partial charge in [-0.05, 0) is 23.8 Å². The molecule has 0 spiro atoms. The van der Waals surface area contributed by atoms with E-state index in [4.69, 9.17) is 21.1 Å². The minimum atomic E-state index is -4.43. The number of pyridine rings is 1. The Hall–Kier alpha value is -3.80. The smallest absolute Gasteiger partial charge is 0.410 e. The minimum Gasteiger partial charge on any atom is -0.489 e. The van der Waals surface area contributed by atoms with Gasteiger partial charge in [0.25, 0.3) is 5.91 Å². The third kappa shape index (κ3) is 6.01. The topological polar surface area (TPSA) is 98.6 Å². The maximum atomic E-state index is 12.9. The summed E-state index contributed by atoms with van der Waals surface area (Å²) < 4.78 is 50.7. The fourth-order valence-corrected chi connectivity index (χ4v) is 4.58. The second kappa shape index (κ2) is 10.5. The van der Waals surface area contributed by atoms with E-state index in [1.807, 2.05) is 0 Å². The molecule has 2 aliphatic heterocycles.